The van der Waals surface area contributed by atoms with Gasteiger partial charge in [0.2, 0.25) is 0 Å². The van der Waals surface area contributed by atoms with Crippen molar-refractivity contribution >= 4 is 11.9 Å². The number of hydrogen-bond acceptors (Lipinski definition) is 2. The van der Waals surface area contributed by atoms with E-state index in [0.29, 0.717) is 6.42 Å². The Bertz CT molecular complexity index is 379. The molecule has 1 aliphatic carbocycles. The van der Waals surface area contributed by atoms with Gasteiger partial charge in [0, 0.05) is 18.8 Å². The smallest absolute Gasteiger partial charge is 0.163 e. The van der Waals surface area contributed by atoms with Crippen LogP contribution in [0.4, 0.5) is 0 Å². The number of fused-ring (bicyclic) bond motifs is 1. The van der Waals surface area contributed by atoms with Gasteiger partial charge in [0.25, 0.3) is 0 Å². The van der Waals surface area contributed by atoms with E-state index in [2.05, 4.69) is 4.98 Å². The first-order valence-electron chi connectivity index (χ1n) is 4.48. The second kappa shape index (κ2) is 3.13. The van der Waals surface area contributed by atoms with Gasteiger partial charge in [-0.3, -0.25) is 9.78 Å². The van der Waals surface area contributed by atoms with E-state index < -0.39 is 0 Å². The summed E-state index contributed by atoms with van der Waals surface area (Å²) in [4.78, 5) is 15.5. The molecule has 1 aliphatic rings. The lowest BCUT2D eigenvalue weighted by atomic mass is 9.91. The number of carbonyl (C=O) groups is 1. The van der Waals surface area contributed by atoms with E-state index >= 15 is 0 Å². The van der Waals surface area contributed by atoms with Crippen LogP contribution in [0.5, 0.6) is 0 Å². The number of carbonyl (C=O) groups excluding carboxylic acids is 1. The Kier molecular flexibility index (Phi) is 1.97. The second-order valence-corrected chi connectivity index (χ2v) is 3.20. The highest BCUT2D eigenvalue weighted by atomic mass is 16.1. The van der Waals surface area contributed by atoms with Gasteiger partial charge in [-0.05, 0) is 35.3 Å². The molecule has 1 heterocycles. The Morgan fingerprint density at radius 2 is 2.38 bits per heavy atom. The fourth-order valence-electron chi connectivity index (χ4n) is 1.58. The fourth-order valence-corrected chi connectivity index (χ4v) is 1.58. The quantitative estimate of drug-likeness (QED) is 0.650. The first-order valence-corrected chi connectivity index (χ1v) is 4.48. The van der Waals surface area contributed by atoms with Crippen molar-refractivity contribution in [1.82, 2.24) is 4.98 Å². The van der Waals surface area contributed by atoms with Crippen LogP contribution in [0, 0.1) is 0 Å². The standard InChI is InChI=1S/C11H11NO/c1-2-8-5-9-3-4-12-7-10(9)6-11(8)13/h3-5,7H,2,6H2,1H3. The molecule has 0 aromatic carbocycles. The number of rotatable bonds is 1. The van der Waals surface area contributed by atoms with Crippen LogP contribution in [0.1, 0.15) is 24.5 Å². The molecule has 0 radical (unpaired) electrons. The molecule has 0 saturated carbocycles. The molecule has 0 amide bonds. The lowest BCUT2D eigenvalue weighted by Gasteiger charge is -2.13. The van der Waals surface area contributed by atoms with Gasteiger partial charge < -0.3 is 0 Å². The number of pyridine rings is 1. The third kappa shape index (κ3) is 1.39. The minimum absolute atomic E-state index is 0.239. The molecule has 0 spiro atoms. The first-order chi connectivity index (χ1) is 6.31. The molecule has 2 nitrogen and oxygen atoms in total. The van der Waals surface area contributed by atoms with Crippen molar-refractivity contribution in [3.63, 3.8) is 0 Å². The van der Waals surface area contributed by atoms with E-state index in [0.717, 1.165) is 23.1 Å². The Morgan fingerprint density at radius 1 is 1.54 bits per heavy atom. The van der Waals surface area contributed by atoms with Gasteiger partial charge in [-0.15, -0.1) is 0 Å². The van der Waals surface area contributed by atoms with Crippen LogP contribution >= 0.6 is 0 Å². The van der Waals surface area contributed by atoms with Crippen LogP contribution in [0.2, 0.25) is 0 Å². The Hall–Kier alpha value is -1.44. The predicted molar refractivity (Wildman–Crippen MR) is 51.2 cm³/mol. The van der Waals surface area contributed by atoms with Crippen molar-refractivity contribution < 1.29 is 4.79 Å². The summed E-state index contributed by atoms with van der Waals surface area (Å²) in [6.45, 7) is 2.01. The maximum atomic E-state index is 11.5. The summed E-state index contributed by atoms with van der Waals surface area (Å²) in [5.41, 5.74) is 3.12. The van der Waals surface area contributed by atoms with Crippen LogP contribution < -0.4 is 0 Å². The number of allylic oxidation sites excluding steroid dienone is 1. The van der Waals surface area contributed by atoms with Crippen LogP contribution in [-0.2, 0) is 11.2 Å². The van der Waals surface area contributed by atoms with Crippen molar-refractivity contribution in [3.05, 3.63) is 35.2 Å². The molecule has 0 N–H and O–H groups in total. The molecule has 0 saturated heterocycles. The zero-order valence-electron chi connectivity index (χ0n) is 7.58. The van der Waals surface area contributed by atoms with Crippen LogP contribution in [0.15, 0.2) is 24.0 Å². The lowest BCUT2D eigenvalue weighted by Crippen LogP contribution is -2.11. The van der Waals surface area contributed by atoms with E-state index in [1.807, 2.05) is 19.1 Å². The summed E-state index contributed by atoms with van der Waals surface area (Å²) in [7, 11) is 0. The summed E-state index contributed by atoms with van der Waals surface area (Å²) < 4.78 is 0. The normalized spacial score (nSPS) is 15.2. The number of hydrogen-bond donors (Lipinski definition) is 0. The van der Waals surface area contributed by atoms with Gasteiger partial charge >= 0.3 is 0 Å². The van der Waals surface area contributed by atoms with Crippen LogP contribution in [0.25, 0.3) is 6.08 Å². The monoisotopic (exact) mass is 173 g/mol. The molecule has 66 valence electrons. The first kappa shape index (κ1) is 8.17. The number of ketones is 1. The maximum absolute atomic E-state index is 11.5. The molecule has 0 atom stereocenters. The van der Waals surface area contributed by atoms with Crippen molar-refractivity contribution in [3.8, 4) is 0 Å². The zero-order valence-corrected chi connectivity index (χ0v) is 7.58. The third-order valence-corrected chi connectivity index (χ3v) is 2.36. The van der Waals surface area contributed by atoms with E-state index in [9.17, 15) is 4.79 Å². The van der Waals surface area contributed by atoms with Gasteiger partial charge in [0.1, 0.15) is 0 Å². The van der Waals surface area contributed by atoms with Gasteiger partial charge in [0.15, 0.2) is 5.78 Å². The number of aromatic nitrogens is 1. The van der Waals surface area contributed by atoms with Crippen LogP contribution in [0.3, 0.4) is 0 Å². The molecule has 2 heteroatoms. The zero-order chi connectivity index (χ0) is 9.26. The Labute approximate surface area is 77.3 Å². The van der Waals surface area contributed by atoms with Gasteiger partial charge in [-0.1, -0.05) is 6.92 Å². The van der Waals surface area contributed by atoms with Crippen LogP contribution in [-0.4, -0.2) is 10.8 Å². The van der Waals surface area contributed by atoms with E-state index in [1.54, 1.807) is 12.4 Å². The van der Waals surface area contributed by atoms with Crippen molar-refractivity contribution in [1.29, 1.82) is 0 Å². The molecule has 0 fully saturated rings. The van der Waals surface area contributed by atoms with Crippen molar-refractivity contribution in [2.45, 2.75) is 19.8 Å². The molecular weight excluding hydrogens is 162 g/mol. The summed E-state index contributed by atoms with van der Waals surface area (Å²) in [6, 6.07) is 1.96. The highest BCUT2D eigenvalue weighted by molar-refractivity contribution is 6.03. The predicted octanol–water partition coefficient (Wildman–Crippen LogP) is 2.00. The molecule has 2 rings (SSSR count). The Balaban J connectivity index is 2.50. The van der Waals surface area contributed by atoms with E-state index in [-0.39, 0.29) is 5.78 Å². The summed E-state index contributed by atoms with van der Waals surface area (Å²) in [6.07, 6.45) is 6.85. The molecule has 1 aromatic heterocycles. The molecule has 13 heavy (non-hydrogen) atoms. The average molecular weight is 173 g/mol. The molecule has 0 bridgehead atoms. The van der Waals surface area contributed by atoms with Crippen molar-refractivity contribution in [2.24, 2.45) is 0 Å². The van der Waals surface area contributed by atoms with Gasteiger partial charge in [0.05, 0.1) is 0 Å². The summed E-state index contributed by atoms with van der Waals surface area (Å²) in [5.74, 6) is 0.239. The van der Waals surface area contributed by atoms with Gasteiger partial charge in [-0.2, -0.15) is 0 Å². The molecule has 0 aliphatic heterocycles. The van der Waals surface area contributed by atoms with E-state index in [4.69, 9.17) is 0 Å². The number of Topliss-reactive ketones (excluding diaryl/α,β-unsaturated/α-hetero) is 1. The minimum Gasteiger partial charge on any atom is -0.294 e. The van der Waals surface area contributed by atoms with E-state index in [1.165, 1.54) is 0 Å². The third-order valence-electron chi connectivity index (χ3n) is 2.36. The average Bonchev–Trinajstić information content (AvgIpc) is 2.17. The molecule has 1 aromatic rings. The number of nitrogens with zero attached hydrogens (tertiary/aromatic N) is 1. The topological polar surface area (TPSA) is 30.0 Å². The lowest BCUT2D eigenvalue weighted by molar-refractivity contribution is -0.115. The summed E-state index contributed by atoms with van der Waals surface area (Å²) in [5, 5.41) is 0. The SMILES string of the molecule is CCC1=Cc2ccncc2CC1=O. The van der Waals surface area contributed by atoms with Gasteiger partial charge in [-0.25, -0.2) is 0 Å². The minimum atomic E-state index is 0.239. The highest BCUT2D eigenvalue weighted by Gasteiger charge is 2.16. The largest absolute Gasteiger partial charge is 0.294 e. The second-order valence-electron chi connectivity index (χ2n) is 3.20. The summed E-state index contributed by atoms with van der Waals surface area (Å²) >= 11 is 0. The maximum Gasteiger partial charge on any atom is 0.163 e. The van der Waals surface area contributed by atoms with Crippen molar-refractivity contribution in [2.75, 3.05) is 0 Å². The highest BCUT2D eigenvalue weighted by Crippen LogP contribution is 2.21. The Morgan fingerprint density at radius 3 is 3.15 bits per heavy atom. The molecule has 0 unspecified atom stereocenters. The molecular formula is C11H11NO. The fraction of sp³-hybridized carbons (Fsp3) is 0.273.